The van der Waals surface area contributed by atoms with E-state index in [0.29, 0.717) is 0 Å². The molecule has 0 amide bonds. The summed E-state index contributed by atoms with van der Waals surface area (Å²) < 4.78 is 14.6. The average molecular weight is 936 g/mol. The van der Waals surface area contributed by atoms with Crippen LogP contribution in [-0.4, -0.2) is 18.3 Å². The van der Waals surface area contributed by atoms with Crippen molar-refractivity contribution < 1.29 is 9.31 Å². The van der Waals surface area contributed by atoms with Crippen LogP contribution >= 0.6 is 15.9 Å². The van der Waals surface area contributed by atoms with Crippen LogP contribution in [0, 0.1) is 0 Å². The summed E-state index contributed by atoms with van der Waals surface area (Å²) in [6.45, 7) is 36.5. The second kappa shape index (κ2) is 15.7. The Morgan fingerprint density at radius 2 is 0.818 bits per heavy atom. The molecule has 0 spiro atoms. The summed E-state index contributed by atoms with van der Waals surface area (Å²) in [5.41, 5.74) is 12.7. The van der Waals surface area contributed by atoms with E-state index < -0.39 is 18.3 Å². The Bertz CT molecular complexity index is 3170. The molecule has 0 saturated carbocycles. The second-order valence-corrected chi connectivity index (χ2v) is 25.2. The number of benzene rings is 8. The summed E-state index contributed by atoms with van der Waals surface area (Å²) in [5, 5.41) is 9.82. The molecule has 1 heterocycles. The van der Waals surface area contributed by atoms with Crippen molar-refractivity contribution in [3.63, 3.8) is 0 Å². The third-order valence-corrected chi connectivity index (χ3v) is 15.4. The second-order valence-electron chi connectivity index (χ2n) is 24.3. The van der Waals surface area contributed by atoms with Gasteiger partial charge in [0.1, 0.15) is 0 Å². The number of fused-ring (bicyclic) bond motifs is 6. The van der Waals surface area contributed by atoms with Gasteiger partial charge in [-0.25, -0.2) is 0 Å². The van der Waals surface area contributed by atoms with Gasteiger partial charge < -0.3 is 9.31 Å². The van der Waals surface area contributed by atoms with Gasteiger partial charge in [0.15, 0.2) is 0 Å². The van der Waals surface area contributed by atoms with Crippen molar-refractivity contribution in [2.75, 3.05) is 0 Å². The molecule has 66 heavy (non-hydrogen) atoms. The third-order valence-electron chi connectivity index (χ3n) is 14.7. The SMILES string of the molecule is CC(C)(C)c1cc(-c2cc3c4ccc(-c5cccc6cccc(Br)c56)cc4c(-c4cc(C(C)(C)C)cc(C(C)(C)C)c4)cc3c3ccc(B4OC(C)(C)C(C)(C)O4)cc23)cc(C(C)(C)C)c1. The molecule has 0 N–H and O–H groups in total. The standard InChI is InChI=1S/C62H68BBrO2/c1-57(2,3)41-27-39(28-42(32-41)58(4,5)6)49-35-54-48-26-24-45(63-65-61(13,14)62(15,16)66-63)34-52(48)50(40-29-43(59(7,8)9)33-44(30-40)60(10,11)12)36-53(54)47-25-23-38(31-51(47)49)46-21-17-19-37-20-18-22-55(64)56(37)46/h17-36H,1-16H3. The lowest BCUT2D eigenvalue weighted by atomic mass is 9.75. The van der Waals surface area contributed by atoms with Gasteiger partial charge in [0.05, 0.1) is 11.2 Å². The van der Waals surface area contributed by atoms with E-state index in [-0.39, 0.29) is 21.7 Å². The number of rotatable bonds is 4. The van der Waals surface area contributed by atoms with Crippen molar-refractivity contribution in [3.05, 3.63) is 148 Å². The first-order chi connectivity index (χ1) is 30.6. The zero-order valence-electron chi connectivity index (χ0n) is 42.3. The lowest BCUT2D eigenvalue weighted by Gasteiger charge is -2.32. The maximum atomic E-state index is 6.73. The Hall–Kier alpha value is -4.74. The maximum absolute atomic E-state index is 6.73. The minimum atomic E-state index is -0.482. The van der Waals surface area contributed by atoms with Crippen molar-refractivity contribution in [2.24, 2.45) is 0 Å². The molecule has 0 bridgehead atoms. The molecule has 0 aliphatic carbocycles. The smallest absolute Gasteiger partial charge is 0.399 e. The lowest BCUT2D eigenvalue weighted by Crippen LogP contribution is -2.41. The fourth-order valence-electron chi connectivity index (χ4n) is 9.67. The first-order valence-corrected chi connectivity index (χ1v) is 24.7. The Kier molecular flexibility index (Phi) is 11.0. The van der Waals surface area contributed by atoms with Crippen molar-refractivity contribution in [3.8, 4) is 33.4 Å². The van der Waals surface area contributed by atoms with Gasteiger partial charge in [-0.15, -0.1) is 0 Å². The van der Waals surface area contributed by atoms with Gasteiger partial charge in [-0.2, -0.15) is 0 Å². The molecule has 1 fully saturated rings. The van der Waals surface area contributed by atoms with E-state index in [1.165, 1.54) is 98.7 Å². The molecule has 0 atom stereocenters. The number of hydrogen-bond acceptors (Lipinski definition) is 2. The molecular weight excluding hydrogens is 867 g/mol. The number of halogens is 1. The van der Waals surface area contributed by atoms with Crippen LogP contribution in [0.15, 0.2) is 126 Å². The van der Waals surface area contributed by atoms with Gasteiger partial charge in [0, 0.05) is 9.86 Å². The lowest BCUT2D eigenvalue weighted by molar-refractivity contribution is 0.00578. The molecule has 2 nitrogen and oxygen atoms in total. The first kappa shape index (κ1) is 46.4. The highest BCUT2D eigenvalue weighted by Crippen LogP contribution is 2.47. The predicted octanol–water partition coefficient (Wildman–Crippen LogP) is 17.6. The van der Waals surface area contributed by atoms with Gasteiger partial charge in [-0.05, 0) is 172 Å². The van der Waals surface area contributed by atoms with Crippen LogP contribution in [0.3, 0.4) is 0 Å². The van der Waals surface area contributed by atoms with E-state index in [9.17, 15) is 0 Å². The molecule has 0 unspecified atom stereocenters. The number of hydrogen-bond donors (Lipinski definition) is 0. The van der Waals surface area contributed by atoms with Crippen LogP contribution in [0.1, 0.15) is 133 Å². The largest absolute Gasteiger partial charge is 0.494 e. The monoisotopic (exact) mass is 934 g/mol. The molecule has 0 radical (unpaired) electrons. The highest BCUT2D eigenvalue weighted by atomic mass is 79.9. The van der Waals surface area contributed by atoms with Crippen molar-refractivity contribution in [2.45, 2.75) is 144 Å². The molecular formula is C62H68BBrO2. The zero-order valence-corrected chi connectivity index (χ0v) is 43.9. The molecule has 1 saturated heterocycles. The summed E-state index contributed by atoms with van der Waals surface area (Å²) in [6, 6.07) is 46.9. The first-order valence-electron chi connectivity index (χ1n) is 23.9. The fourth-order valence-corrected chi connectivity index (χ4v) is 10.3. The van der Waals surface area contributed by atoms with Gasteiger partial charge in [0.25, 0.3) is 0 Å². The summed E-state index contributed by atoms with van der Waals surface area (Å²) in [6.07, 6.45) is 0. The quantitative estimate of drug-likeness (QED) is 0.129. The fraction of sp³-hybridized carbons (Fsp3) is 0.355. The Morgan fingerprint density at radius 1 is 0.394 bits per heavy atom. The topological polar surface area (TPSA) is 18.5 Å². The summed E-state index contributed by atoms with van der Waals surface area (Å²) in [7, 11) is -0.482. The van der Waals surface area contributed by atoms with Crippen molar-refractivity contribution >= 4 is 71.6 Å². The van der Waals surface area contributed by atoms with E-state index in [2.05, 4.69) is 248 Å². The van der Waals surface area contributed by atoms with Crippen LogP contribution in [-0.2, 0) is 31.0 Å². The van der Waals surface area contributed by atoms with E-state index in [4.69, 9.17) is 9.31 Å². The predicted molar refractivity (Wildman–Crippen MR) is 291 cm³/mol. The minimum absolute atomic E-state index is 0.0396. The summed E-state index contributed by atoms with van der Waals surface area (Å²) >= 11 is 3.94. The molecule has 8 aromatic rings. The summed E-state index contributed by atoms with van der Waals surface area (Å²) in [4.78, 5) is 0. The van der Waals surface area contributed by atoms with Crippen LogP contribution in [0.25, 0.3) is 76.5 Å². The van der Waals surface area contributed by atoms with Gasteiger partial charge in [0.2, 0.25) is 0 Å². The van der Waals surface area contributed by atoms with Gasteiger partial charge in [-0.1, -0.05) is 196 Å². The van der Waals surface area contributed by atoms with Crippen molar-refractivity contribution in [1.29, 1.82) is 0 Å². The van der Waals surface area contributed by atoms with Gasteiger partial charge >= 0.3 is 7.12 Å². The van der Waals surface area contributed by atoms with Crippen molar-refractivity contribution in [1.82, 2.24) is 0 Å². The Labute approximate surface area is 403 Å². The highest BCUT2D eigenvalue weighted by molar-refractivity contribution is 9.10. The molecule has 8 aromatic carbocycles. The van der Waals surface area contributed by atoms with E-state index >= 15 is 0 Å². The maximum Gasteiger partial charge on any atom is 0.494 e. The van der Waals surface area contributed by atoms with Crippen LogP contribution in [0.5, 0.6) is 0 Å². The molecule has 1 aliphatic heterocycles. The van der Waals surface area contributed by atoms with Crippen LogP contribution in [0.2, 0.25) is 0 Å². The normalized spacial score (nSPS) is 15.7. The average Bonchev–Trinajstić information content (AvgIpc) is 3.46. The van der Waals surface area contributed by atoms with Crippen LogP contribution < -0.4 is 5.46 Å². The highest BCUT2D eigenvalue weighted by Gasteiger charge is 2.51. The minimum Gasteiger partial charge on any atom is -0.399 e. The summed E-state index contributed by atoms with van der Waals surface area (Å²) in [5.74, 6) is 0. The third kappa shape index (κ3) is 8.24. The molecule has 1 aliphatic rings. The van der Waals surface area contributed by atoms with Crippen LogP contribution in [0.4, 0.5) is 0 Å². The Balaban J connectivity index is 1.43. The molecule has 4 heteroatoms. The van der Waals surface area contributed by atoms with E-state index in [0.717, 1.165) is 9.94 Å². The Morgan fingerprint density at radius 3 is 1.27 bits per heavy atom. The van der Waals surface area contributed by atoms with E-state index in [1.54, 1.807) is 0 Å². The van der Waals surface area contributed by atoms with Gasteiger partial charge in [-0.3, -0.25) is 0 Å². The zero-order chi connectivity index (χ0) is 47.7. The molecule has 0 aromatic heterocycles. The van der Waals surface area contributed by atoms with E-state index in [1.807, 2.05) is 0 Å². The molecule has 9 rings (SSSR count). The molecule has 338 valence electrons.